The Morgan fingerprint density at radius 3 is 2.55 bits per heavy atom. The predicted octanol–water partition coefficient (Wildman–Crippen LogP) is 1.33. The molecule has 9 nitrogen and oxygen atoms in total. The van der Waals surface area contributed by atoms with Gasteiger partial charge in [-0.3, -0.25) is 14.5 Å². The first kappa shape index (κ1) is 22.3. The van der Waals surface area contributed by atoms with Gasteiger partial charge in [0.2, 0.25) is 5.91 Å². The summed E-state index contributed by atoms with van der Waals surface area (Å²) in [4.78, 5) is 36.2. The molecule has 9 heteroatoms. The highest BCUT2D eigenvalue weighted by Gasteiger charge is 2.38. The summed E-state index contributed by atoms with van der Waals surface area (Å²) in [5.74, 6) is -1.96. The lowest BCUT2D eigenvalue weighted by atomic mass is 10.1. The monoisotopic (exact) mass is 428 g/mol. The van der Waals surface area contributed by atoms with Crippen molar-refractivity contribution in [2.24, 2.45) is 5.73 Å². The van der Waals surface area contributed by atoms with Crippen molar-refractivity contribution in [1.29, 1.82) is 0 Å². The van der Waals surface area contributed by atoms with Gasteiger partial charge in [-0.1, -0.05) is 42.5 Å². The third-order valence-electron chi connectivity index (χ3n) is 5.05. The van der Waals surface area contributed by atoms with Gasteiger partial charge in [0.1, 0.15) is 18.6 Å². The summed E-state index contributed by atoms with van der Waals surface area (Å²) in [5.41, 5.74) is 7.41. The minimum atomic E-state index is -1.14. The van der Waals surface area contributed by atoms with Gasteiger partial charge in [-0.25, -0.2) is 4.79 Å². The van der Waals surface area contributed by atoms with Crippen LogP contribution in [0, 0.1) is 0 Å². The molecule has 1 aliphatic heterocycles. The fourth-order valence-electron chi connectivity index (χ4n) is 3.51. The number of carboxylic acid groups (broad SMARTS) is 1. The lowest BCUT2D eigenvalue weighted by molar-refractivity contribution is -0.147. The highest BCUT2D eigenvalue weighted by Crippen LogP contribution is 2.39. The van der Waals surface area contributed by atoms with Gasteiger partial charge in [-0.2, -0.15) is 0 Å². The van der Waals surface area contributed by atoms with Gasteiger partial charge < -0.3 is 25.4 Å². The molecule has 3 rings (SSSR count). The third kappa shape index (κ3) is 5.59. The highest BCUT2D eigenvalue weighted by atomic mass is 16.6. The molecule has 1 aliphatic rings. The number of nitrogens with zero attached hydrogens (tertiary/aromatic N) is 1. The number of hydrogen-bond acceptors (Lipinski definition) is 7. The summed E-state index contributed by atoms with van der Waals surface area (Å²) in [6.07, 6.45) is -1.43. The zero-order valence-electron chi connectivity index (χ0n) is 16.8. The normalized spacial score (nSPS) is 16.4. The highest BCUT2D eigenvalue weighted by molar-refractivity contribution is 5.81. The van der Waals surface area contributed by atoms with Crippen molar-refractivity contribution in [3.8, 4) is 5.75 Å². The van der Waals surface area contributed by atoms with E-state index in [4.69, 9.17) is 20.3 Å². The van der Waals surface area contributed by atoms with E-state index in [9.17, 15) is 19.5 Å². The number of fused-ring (bicyclic) bond motifs is 1. The minimum absolute atomic E-state index is 0.0300. The van der Waals surface area contributed by atoms with Crippen LogP contribution < -0.4 is 10.5 Å². The number of aliphatic carboxylic acids is 1. The van der Waals surface area contributed by atoms with Crippen molar-refractivity contribution in [2.45, 2.75) is 38.3 Å². The maximum absolute atomic E-state index is 12.0. The molecule has 2 aromatic rings. The van der Waals surface area contributed by atoms with Gasteiger partial charge in [-0.05, 0) is 18.1 Å². The zero-order chi connectivity index (χ0) is 22.4. The molecule has 0 bridgehead atoms. The van der Waals surface area contributed by atoms with Gasteiger partial charge in [0.05, 0.1) is 6.04 Å². The van der Waals surface area contributed by atoms with Crippen LogP contribution in [0.5, 0.6) is 5.75 Å². The standard InChI is InChI=1S/C22H24N2O7/c23-21(28)17(9-10-19(25)26)24-11-16-15(22(24)29)7-4-8-18(16)30-13-20(27)31-12-14-5-2-1-3-6-14/h1-8,17,22,29H,9-13H2,(H2,23,28)(H,25,26). The van der Waals surface area contributed by atoms with Crippen LogP contribution in [0.2, 0.25) is 0 Å². The van der Waals surface area contributed by atoms with Crippen LogP contribution in [-0.4, -0.2) is 45.6 Å². The van der Waals surface area contributed by atoms with E-state index in [2.05, 4.69) is 0 Å². The van der Waals surface area contributed by atoms with E-state index in [1.807, 2.05) is 30.3 Å². The Kier molecular flexibility index (Phi) is 7.22. The Bertz CT molecular complexity index is 948. The Hall–Kier alpha value is -3.43. The van der Waals surface area contributed by atoms with Crippen molar-refractivity contribution in [3.63, 3.8) is 0 Å². The number of nitrogens with two attached hydrogens (primary N) is 1. The largest absolute Gasteiger partial charge is 0.482 e. The number of amides is 1. The number of esters is 1. The van der Waals surface area contributed by atoms with Gasteiger partial charge in [0.25, 0.3) is 0 Å². The first-order chi connectivity index (χ1) is 14.9. The molecule has 0 saturated heterocycles. The number of primary amides is 1. The van der Waals surface area contributed by atoms with Gasteiger partial charge in [-0.15, -0.1) is 0 Å². The second-order valence-corrected chi connectivity index (χ2v) is 7.16. The summed E-state index contributed by atoms with van der Waals surface area (Å²) in [5, 5.41) is 19.6. The third-order valence-corrected chi connectivity index (χ3v) is 5.05. The molecule has 2 atom stereocenters. The van der Waals surface area contributed by atoms with E-state index < -0.39 is 30.1 Å². The van der Waals surface area contributed by atoms with Gasteiger partial charge in [0.15, 0.2) is 6.61 Å². The fraction of sp³-hybridized carbons (Fsp3) is 0.318. The zero-order valence-corrected chi connectivity index (χ0v) is 16.8. The molecule has 1 amide bonds. The second-order valence-electron chi connectivity index (χ2n) is 7.16. The van der Waals surface area contributed by atoms with Crippen LogP contribution in [-0.2, 0) is 32.3 Å². The molecular weight excluding hydrogens is 404 g/mol. The minimum Gasteiger partial charge on any atom is -0.482 e. The first-order valence-corrected chi connectivity index (χ1v) is 9.76. The van der Waals surface area contributed by atoms with Gasteiger partial charge in [0, 0.05) is 24.1 Å². The average Bonchev–Trinajstić information content (AvgIpc) is 3.08. The molecule has 164 valence electrons. The molecule has 0 aliphatic carbocycles. The number of carboxylic acids is 1. The Morgan fingerprint density at radius 2 is 1.87 bits per heavy atom. The summed E-state index contributed by atoms with van der Waals surface area (Å²) in [6, 6.07) is 13.3. The van der Waals surface area contributed by atoms with E-state index in [1.165, 1.54) is 4.90 Å². The van der Waals surface area contributed by atoms with E-state index in [-0.39, 0.29) is 32.6 Å². The Balaban J connectivity index is 1.64. The first-order valence-electron chi connectivity index (χ1n) is 9.76. The van der Waals surface area contributed by atoms with Crippen LogP contribution in [0.25, 0.3) is 0 Å². The van der Waals surface area contributed by atoms with Crippen LogP contribution >= 0.6 is 0 Å². The van der Waals surface area contributed by atoms with Crippen LogP contribution in [0.1, 0.15) is 35.8 Å². The number of hydrogen-bond donors (Lipinski definition) is 3. The molecule has 0 saturated carbocycles. The maximum Gasteiger partial charge on any atom is 0.344 e. The molecule has 0 fully saturated rings. The molecule has 31 heavy (non-hydrogen) atoms. The van der Waals surface area contributed by atoms with E-state index in [0.29, 0.717) is 16.9 Å². The predicted molar refractivity (Wildman–Crippen MR) is 109 cm³/mol. The van der Waals surface area contributed by atoms with Crippen molar-refractivity contribution in [2.75, 3.05) is 6.61 Å². The van der Waals surface area contributed by atoms with Crippen molar-refractivity contribution < 1.29 is 34.1 Å². The van der Waals surface area contributed by atoms with Crippen LogP contribution in [0.4, 0.5) is 0 Å². The lowest BCUT2D eigenvalue weighted by Gasteiger charge is -2.27. The average molecular weight is 428 g/mol. The van der Waals surface area contributed by atoms with Gasteiger partial charge >= 0.3 is 11.9 Å². The summed E-state index contributed by atoms with van der Waals surface area (Å²) < 4.78 is 10.8. The number of benzene rings is 2. The molecule has 0 spiro atoms. The number of carbonyl (C=O) groups is 3. The number of aliphatic hydroxyl groups excluding tert-OH is 1. The van der Waals surface area contributed by atoms with E-state index in [1.54, 1.807) is 18.2 Å². The van der Waals surface area contributed by atoms with E-state index in [0.717, 1.165) is 5.56 Å². The smallest absolute Gasteiger partial charge is 0.344 e. The number of carbonyl (C=O) groups excluding carboxylic acids is 2. The van der Waals surface area contributed by atoms with Crippen LogP contribution in [0.15, 0.2) is 48.5 Å². The topological polar surface area (TPSA) is 139 Å². The summed E-state index contributed by atoms with van der Waals surface area (Å²) >= 11 is 0. The molecule has 0 aromatic heterocycles. The molecule has 2 aromatic carbocycles. The van der Waals surface area contributed by atoms with Crippen molar-refractivity contribution >= 4 is 17.8 Å². The number of rotatable bonds is 10. The fourth-order valence-corrected chi connectivity index (χ4v) is 3.51. The molecule has 4 N–H and O–H groups in total. The number of aliphatic hydroxyl groups is 1. The summed E-state index contributed by atoms with van der Waals surface area (Å²) in [6.45, 7) is -0.0666. The quantitative estimate of drug-likeness (QED) is 0.482. The van der Waals surface area contributed by atoms with Crippen LogP contribution in [0.3, 0.4) is 0 Å². The SMILES string of the molecule is NC(=O)C(CCC(=O)O)N1Cc2c(OCC(=O)OCc3ccccc3)cccc2C1O. The molecule has 0 radical (unpaired) electrons. The molecular formula is C22H24N2O7. The molecule has 1 heterocycles. The second kappa shape index (κ2) is 10.1. The molecule has 2 unspecified atom stereocenters. The summed E-state index contributed by atoms with van der Waals surface area (Å²) in [7, 11) is 0. The van der Waals surface area contributed by atoms with Crippen molar-refractivity contribution in [1.82, 2.24) is 4.90 Å². The lowest BCUT2D eigenvalue weighted by Crippen LogP contribution is -2.44. The van der Waals surface area contributed by atoms with Crippen molar-refractivity contribution in [3.05, 3.63) is 65.2 Å². The maximum atomic E-state index is 12.0. The number of ether oxygens (including phenoxy) is 2. The van der Waals surface area contributed by atoms with E-state index >= 15 is 0 Å². The Morgan fingerprint density at radius 1 is 1.13 bits per heavy atom. The Labute approximate surface area is 179 Å².